The fraction of sp³-hybridized carbons (Fsp3) is 0.625. The highest BCUT2D eigenvalue weighted by molar-refractivity contribution is 5.57. The quantitative estimate of drug-likeness (QED) is 0.403. The second-order valence-corrected chi connectivity index (χ2v) is 8.63. The van der Waals surface area contributed by atoms with E-state index in [-0.39, 0.29) is 5.75 Å². The molecule has 1 aliphatic rings. The lowest BCUT2D eigenvalue weighted by atomic mass is 10.1. The predicted octanol–water partition coefficient (Wildman–Crippen LogP) is 5.04. The number of rotatable bonds is 11. The van der Waals surface area contributed by atoms with E-state index in [9.17, 15) is 4.39 Å². The molecule has 1 heterocycles. The Hall–Kier alpha value is -2.68. The summed E-state index contributed by atoms with van der Waals surface area (Å²) in [6, 6.07) is 5.41. The zero-order chi connectivity index (χ0) is 23.6. The third kappa shape index (κ3) is 7.42. The third-order valence-corrected chi connectivity index (χ3v) is 6.32. The van der Waals surface area contributed by atoms with Crippen molar-refractivity contribution < 1.29 is 9.13 Å². The van der Waals surface area contributed by atoms with Gasteiger partial charge < -0.3 is 25.6 Å². The molecule has 0 aliphatic heterocycles. The summed E-state index contributed by atoms with van der Waals surface area (Å²) < 4.78 is 19.2. The molecule has 182 valence electrons. The lowest BCUT2D eigenvalue weighted by molar-refractivity contribution is 0.257. The van der Waals surface area contributed by atoms with Crippen molar-refractivity contribution in [3.8, 4) is 5.75 Å². The van der Waals surface area contributed by atoms with Crippen molar-refractivity contribution >= 4 is 23.5 Å². The normalized spacial score (nSPS) is 15.7. The van der Waals surface area contributed by atoms with Crippen LogP contribution in [0.25, 0.3) is 0 Å². The van der Waals surface area contributed by atoms with Gasteiger partial charge in [-0.25, -0.2) is 4.39 Å². The molecule has 1 fully saturated rings. The number of likely N-dealkylation sites (N-methyl/N-ethyl adjacent to an activating group) is 1. The molecule has 1 atom stereocenters. The number of hydrogen-bond donors (Lipinski definition) is 3. The number of benzene rings is 1. The highest BCUT2D eigenvalue weighted by Crippen LogP contribution is 2.24. The van der Waals surface area contributed by atoms with Crippen molar-refractivity contribution in [2.75, 3.05) is 43.2 Å². The second kappa shape index (κ2) is 12.5. The third-order valence-electron chi connectivity index (χ3n) is 6.32. The first-order valence-electron chi connectivity index (χ1n) is 12.1. The second-order valence-electron chi connectivity index (χ2n) is 8.63. The molecule has 8 nitrogen and oxygen atoms in total. The number of aromatic nitrogens is 3. The van der Waals surface area contributed by atoms with Gasteiger partial charge in [0.2, 0.25) is 17.8 Å². The van der Waals surface area contributed by atoms with Crippen LogP contribution in [0.2, 0.25) is 0 Å². The SMILES string of the molecule is CCC(CNc1nc(Nc2ccc(OC)c(F)c2)nc(NC2CCCCCC2)n1)N(C)CC. The summed E-state index contributed by atoms with van der Waals surface area (Å²) in [5, 5.41) is 10.00. The van der Waals surface area contributed by atoms with Gasteiger partial charge in [-0.2, -0.15) is 15.0 Å². The van der Waals surface area contributed by atoms with Gasteiger partial charge in [0, 0.05) is 30.4 Å². The molecule has 0 spiro atoms. The Morgan fingerprint density at radius 3 is 2.39 bits per heavy atom. The smallest absolute Gasteiger partial charge is 0.233 e. The van der Waals surface area contributed by atoms with Crippen molar-refractivity contribution in [2.45, 2.75) is 70.9 Å². The van der Waals surface area contributed by atoms with Crippen molar-refractivity contribution in [1.29, 1.82) is 0 Å². The molecule has 9 heteroatoms. The van der Waals surface area contributed by atoms with Gasteiger partial charge in [0.25, 0.3) is 0 Å². The molecule has 1 aromatic carbocycles. The van der Waals surface area contributed by atoms with Gasteiger partial charge in [0.1, 0.15) is 0 Å². The number of anilines is 4. The zero-order valence-corrected chi connectivity index (χ0v) is 20.3. The number of methoxy groups -OCH3 is 1. The van der Waals surface area contributed by atoms with Crippen LogP contribution in [0.1, 0.15) is 58.8 Å². The van der Waals surface area contributed by atoms with Crippen molar-refractivity contribution in [1.82, 2.24) is 19.9 Å². The highest BCUT2D eigenvalue weighted by Gasteiger charge is 2.17. The number of nitrogens with zero attached hydrogens (tertiary/aromatic N) is 4. The first-order chi connectivity index (χ1) is 16.0. The Bertz CT molecular complexity index is 874. The molecule has 3 rings (SSSR count). The van der Waals surface area contributed by atoms with E-state index in [0.717, 1.165) is 32.4 Å². The van der Waals surface area contributed by atoms with Crippen LogP contribution in [0.3, 0.4) is 0 Å². The first kappa shape index (κ1) is 25.0. The highest BCUT2D eigenvalue weighted by atomic mass is 19.1. The molecule has 1 aliphatic carbocycles. The van der Waals surface area contributed by atoms with E-state index in [2.05, 4.69) is 56.7 Å². The molecule has 33 heavy (non-hydrogen) atoms. The topological polar surface area (TPSA) is 87.2 Å². The fourth-order valence-electron chi connectivity index (χ4n) is 4.13. The molecule has 1 unspecified atom stereocenters. The summed E-state index contributed by atoms with van der Waals surface area (Å²) in [4.78, 5) is 16.1. The number of hydrogen-bond acceptors (Lipinski definition) is 8. The van der Waals surface area contributed by atoms with Gasteiger partial charge in [-0.3, -0.25) is 0 Å². The van der Waals surface area contributed by atoms with Crippen LogP contribution >= 0.6 is 0 Å². The largest absolute Gasteiger partial charge is 0.494 e. The van der Waals surface area contributed by atoms with Crippen LogP contribution in [0, 0.1) is 5.82 Å². The Morgan fingerprint density at radius 2 is 1.76 bits per heavy atom. The average Bonchev–Trinajstić information content (AvgIpc) is 3.08. The molecule has 3 N–H and O–H groups in total. The van der Waals surface area contributed by atoms with Gasteiger partial charge in [-0.1, -0.05) is 39.5 Å². The Morgan fingerprint density at radius 1 is 1.06 bits per heavy atom. The van der Waals surface area contributed by atoms with Crippen LogP contribution in [-0.2, 0) is 0 Å². The Labute approximate surface area is 196 Å². The summed E-state index contributed by atoms with van der Waals surface area (Å²) >= 11 is 0. The predicted molar refractivity (Wildman–Crippen MR) is 132 cm³/mol. The molecule has 0 bridgehead atoms. The Kier molecular flexibility index (Phi) is 9.47. The molecular weight excluding hydrogens is 421 g/mol. The number of halogens is 1. The van der Waals surface area contributed by atoms with E-state index in [1.54, 1.807) is 12.1 Å². The minimum absolute atomic E-state index is 0.194. The fourth-order valence-corrected chi connectivity index (χ4v) is 4.13. The number of ether oxygens (including phenoxy) is 1. The van der Waals surface area contributed by atoms with Crippen LogP contribution in [-0.4, -0.2) is 59.2 Å². The van der Waals surface area contributed by atoms with Gasteiger partial charge >= 0.3 is 0 Å². The van der Waals surface area contributed by atoms with Crippen LogP contribution in [0.15, 0.2) is 18.2 Å². The van der Waals surface area contributed by atoms with Crippen LogP contribution in [0.4, 0.5) is 27.9 Å². The lowest BCUT2D eigenvalue weighted by Crippen LogP contribution is -2.37. The van der Waals surface area contributed by atoms with Crippen LogP contribution in [0.5, 0.6) is 5.75 Å². The lowest BCUT2D eigenvalue weighted by Gasteiger charge is -2.26. The zero-order valence-electron chi connectivity index (χ0n) is 20.3. The van der Waals surface area contributed by atoms with Gasteiger partial charge in [0.15, 0.2) is 11.6 Å². The van der Waals surface area contributed by atoms with E-state index in [0.29, 0.717) is 35.6 Å². The molecule has 1 saturated carbocycles. The molecule has 2 aromatic rings. The average molecular weight is 460 g/mol. The van der Waals surface area contributed by atoms with Gasteiger partial charge in [-0.05, 0) is 45.0 Å². The van der Waals surface area contributed by atoms with Gasteiger partial charge in [0.05, 0.1) is 7.11 Å². The van der Waals surface area contributed by atoms with E-state index >= 15 is 0 Å². The maximum atomic E-state index is 14.2. The summed E-state index contributed by atoms with van der Waals surface area (Å²) in [5.74, 6) is 1.15. The summed E-state index contributed by atoms with van der Waals surface area (Å²) in [5.41, 5.74) is 0.544. The van der Waals surface area contributed by atoms with E-state index in [1.807, 2.05) is 0 Å². The van der Waals surface area contributed by atoms with Crippen molar-refractivity contribution in [3.63, 3.8) is 0 Å². The van der Waals surface area contributed by atoms with Crippen molar-refractivity contribution in [2.24, 2.45) is 0 Å². The maximum absolute atomic E-state index is 14.2. The molecule has 0 amide bonds. The monoisotopic (exact) mass is 459 g/mol. The van der Waals surface area contributed by atoms with Crippen molar-refractivity contribution in [3.05, 3.63) is 24.0 Å². The minimum Gasteiger partial charge on any atom is -0.494 e. The van der Waals surface area contributed by atoms with E-state index in [4.69, 9.17) is 4.74 Å². The summed E-state index contributed by atoms with van der Waals surface area (Å²) in [6.07, 6.45) is 8.23. The van der Waals surface area contributed by atoms with Gasteiger partial charge in [-0.15, -0.1) is 0 Å². The molecule has 1 aromatic heterocycles. The Balaban J connectivity index is 1.80. The number of nitrogens with one attached hydrogen (secondary N) is 3. The maximum Gasteiger partial charge on any atom is 0.233 e. The molecular formula is C24H38FN7O. The van der Waals surface area contributed by atoms with E-state index < -0.39 is 5.82 Å². The van der Waals surface area contributed by atoms with E-state index in [1.165, 1.54) is 38.9 Å². The summed E-state index contributed by atoms with van der Waals surface area (Å²) in [7, 11) is 3.56. The van der Waals surface area contributed by atoms with Crippen LogP contribution < -0.4 is 20.7 Å². The first-order valence-corrected chi connectivity index (χ1v) is 12.1. The summed E-state index contributed by atoms with van der Waals surface area (Å²) in [6.45, 7) is 6.03. The standard InChI is InChI=1S/C24H38FN7O/c1-5-19(32(3)6-2)16-26-22-29-23(27-17-11-9-7-8-10-12-17)31-24(30-22)28-18-13-14-21(33-4)20(25)15-18/h13-15,17,19H,5-12,16H2,1-4H3,(H3,26,27,28,29,30,31). The minimum atomic E-state index is -0.444. The molecule has 0 radical (unpaired) electrons. The molecule has 0 saturated heterocycles.